The first-order chi connectivity index (χ1) is 20.6. The van der Waals surface area contributed by atoms with Crippen LogP contribution < -0.4 is 14.8 Å². The Morgan fingerprint density at radius 1 is 1.19 bits per heavy atom. The van der Waals surface area contributed by atoms with Crippen LogP contribution in [-0.4, -0.2) is 78.3 Å². The number of halogens is 1. The Hall–Kier alpha value is -2.18. The maximum Gasteiger partial charge on any atom is 0.247 e. The molecule has 3 N–H and O–H groups in total. The smallest absolute Gasteiger partial charge is 0.247 e. The average Bonchev–Trinajstić information content (AvgIpc) is 3.55. The Kier molecular flexibility index (Phi) is 10.1. The van der Waals surface area contributed by atoms with Crippen molar-refractivity contribution in [3.63, 3.8) is 0 Å². The van der Waals surface area contributed by atoms with Crippen molar-refractivity contribution >= 4 is 40.7 Å². The van der Waals surface area contributed by atoms with Crippen LogP contribution in [0.1, 0.15) is 75.6 Å². The maximum atomic E-state index is 14.3. The molecule has 5 aliphatic carbocycles. The lowest BCUT2D eigenvalue weighted by Crippen LogP contribution is -2.60. The van der Waals surface area contributed by atoms with E-state index < -0.39 is 18.2 Å². The molecule has 236 valence electrons. The molecule has 2 amide bonds. The molecule has 2 bridgehead atoms. The highest BCUT2D eigenvalue weighted by Crippen LogP contribution is 2.61. The zero-order valence-corrected chi connectivity index (χ0v) is 27.5. The first kappa shape index (κ1) is 32.2. The summed E-state index contributed by atoms with van der Waals surface area (Å²) in [5, 5.41) is 24.0. The van der Waals surface area contributed by atoms with Crippen LogP contribution in [-0.2, 0) is 9.59 Å². The molecule has 9 nitrogen and oxygen atoms in total. The first-order valence-electron chi connectivity index (χ1n) is 15.7. The highest BCUT2D eigenvalue weighted by Gasteiger charge is 2.55. The summed E-state index contributed by atoms with van der Waals surface area (Å²) in [7, 11) is 1.48. The number of methoxy groups -OCH3 is 1. The van der Waals surface area contributed by atoms with E-state index in [1.165, 1.54) is 13.5 Å². The molecule has 0 radical (unpaired) electrons. The van der Waals surface area contributed by atoms with E-state index in [-0.39, 0.29) is 42.7 Å². The summed E-state index contributed by atoms with van der Waals surface area (Å²) in [5.41, 5.74) is 1.08. The van der Waals surface area contributed by atoms with E-state index in [1.807, 2.05) is 4.90 Å². The van der Waals surface area contributed by atoms with E-state index in [9.17, 15) is 24.6 Å². The fraction of sp³-hybridized carbons (Fsp3) is 0.667. The Morgan fingerprint density at radius 2 is 1.93 bits per heavy atom. The minimum atomic E-state index is -1.10. The fourth-order valence-electron chi connectivity index (χ4n) is 8.07. The van der Waals surface area contributed by atoms with Gasteiger partial charge >= 0.3 is 0 Å². The third-order valence-electron chi connectivity index (χ3n) is 10.7. The van der Waals surface area contributed by atoms with Gasteiger partial charge in [0, 0.05) is 36.6 Å². The van der Waals surface area contributed by atoms with Gasteiger partial charge in [0.1, 0.15) is 18.5 Å². The normalized spacial score (nSPS) is 29.7. The van der Waals surface area contributed by atoms with Crippen LogP contribution in [0.3, 0.4) is 0 Å². The van der Waals surface area contributed by atoms with Crippen LogP contribution in [0.4, 0.5) is 0 Å². The molecule has 0 spiro atoms. The molecule has 6 atom stereocenters. The maximum absolute atomic E-state index is 14.3. The van der Waals surface area contributed by atoms with Crippen molar-refractivity contribution in [3.05, 3.63) is 32.9 Å². The number of benzene rings is 1. The quantitative estimate of drug-likeness (QED) is 0.234. The molecule has 4 fully saturated rings. The van der Waals surface area contributed by atoms with Gasteiger partial charge in [-0.25, -0.2) is 0 Å². The summed E-state index contributed by atoms with van der Waals surface area (Å²) >= 11 is 2.06. The predicted molar refractivity (Wildman–Crippen MR) is 170 cm³/mol. The molecule has 0 aromatic heterocycles. The number of fused-ring (bicyclic) bond motifs is 2. The van der Waals surface area contributed by atoms with Crippen molar-refractivity contribution in [2.45, 2.75) is 83.5 Å². The summed E-state index contributed by atoms with van der Waals surface area (Å²) < 4.78 is 12.5. The third-order valence-corrected chi connectivity index (χ3v) is 11.5. The summed E-state index contributed by atoms with van der Waals surface area (Å²) in [6, 6.07) is 2.59. The number of carbonyl (C=O) groups excluding carboxylic acids is 3. The summed E-state index contributed by atoms with van der Waals surface area (Å²) in [6.45, 7) is 5.15. The Morgan fingerprint density at radius 3 is 2.56 bits per heavy atom. The largest absolute Gasteiger partial charge is 0.493 e. The van der Waals surface area contributed by atoms with E-state index in [0.717, 1.165) is 50.7 Å². The van der Waals surface area contributed by atoms with Crippen LogP contribution in [0.5, 0.6) is 11.5 Å². The van der Waals surface area contributed by atoms with Crippen molar-refractivity contribution in [2.24, 2.45) is 29.1 Å². The second-order valence-electron chi connectivity index (χ2n) is 13.3. The van der Waals surface area contributed by atoms with E-state index in [4.69, 9.17) is 9.47 Å². The average molecular weight is 709 g/mol. The van der Waals surface area contributed by atoms with Crippen LogP contribution in [0.15, 0.2) is 23.8 Å². The molecule has 6 rings (SSSR count). The molecule has 1 aromatic rings. The van der Waals surface area contributed by atoms with Crippen LogP contribution in [0.2, 0.25) is 0 Å². The number of carbonyl (C=O) groups is 3. The second-order valence-corrected chi connectivity index (χ2v) is 14.5. The number of nitrogens with one attached hydrogen (secondary N) is 1. The van der Waals surface area contributed by atoms with Gasteiger partial charge in [0.2, 0.25) is 11.8 Å². The van der Waals surface area contributed by atoms with E-state index in [2.05, 4.69) is 41.8 Å². The van der Waals surface area contributed by atoms with Crippen molar-refractivity contribution in [2.75, 3.05) is 26.8 Å². The number of rotatable bonds is 11. The molecule has 0 heterocycles. The van der Waals surface area contributed by atoms with Gasteiger partial charge in [-0.2, -0.15) is 0 Å². The number of aliphatic hydroxyl groups is 2. The van der Waals surface area contributed by atoms with Gasteiger partial charge in [-0.3, -0.25) is 14.4 Å². The Balaban J connectivity index is 1.49. The summed E-state index contributed by atoms with van der Waals surface area (Å²) in [4.78, 5) is 40.9. The van der Waals surface area contributed by atoms with E-state index in [1.54, 1.807) is 18.2 Å². The zero-order valence-electron chi connectivity index (χ0n) is 25.4. The van der Waals surface area contributed by atoms with Gasteiger partial charge in [0.25, 0.3) is 0 Å². The van der Waals surface area contributed by atoms with Crippen LogP contribution >= 0.6 is 22.6 Å². The highest BCUT2D eigenvalue weighted by molar-refractivity contribution is 14.1. The zero-order chi connectivity index (χ0) is 30.9. The molecule has 0 aliphatic heterocycles. The number of hydrogen-bond acceptors (Lipinski definition) is 7. The molecular weight excluding hydrogens is 663 g/mol. The number of ether oxygens (including phenoxy) is 2. The molecule has 6 unspecified atom stereocenters. The first-order valence-corrected chi connectivity index (χ1v) is 16.7. The standard InChI is InChI=1S/C33H45IN2O7/c1-33(2)23-9-8-21(24(33)16-23)17-36(32(41)20-6-4-5-7-20)26-14-22(31(40)35-10-11-37)15-27(29(26)39)43-30-25(34)12-19(18-38)13-28(30)42-3/h12-13,15,18,20-21,23-24,26-27,29,37,39H,4-11,14,16-17H2,1-3H3,(H,35,40). The molecular formula is C33H45IN2O7. The molecule has 5 aliphatic rings. The molecule has 0 saturated heterocycles. The number of amides is 2. The minimum absolute atomic E-state index is 0.0686. The Bertz CT molecular complexity index is 1240. The van der Waals surface area contributed by atoms with E-state index in [0.29, 0.717) is 44.6 Å². The van der Waals surface area contributed by atoms with Gasteiger partial charge in [0.05, 0.1) is 23.3 Å². The second kappa shape index (κ2) is 13.4. The Labute approximate surface area is 267 Å². The van der Waals surface area contributed by atoms with Crippen molar-refractivity contribution in [1.29, 1.82) is 0 Å². The van der Waals surface area contributed by atoms with Gasteiger partial charge < -0.3 is 29.9 Å². The SMILES string of the molecule is COc1cc(C=O)cc(I)c1OC1C=C(C(=O)NCCO)CC(N(CC2CCC3CC2C3(C)C)C(=O)C2CCCC2)C1O. The predicted octanol–water partition coefficient (Wildman–Crippen LogP) is 4.12. The van der Waals surface area contributed by atoms with Crippen molar-refractivity contribution in [1.82, 2.24) is 10.2 Å². The third kappa shape index (κ3) is 6.47. The van der Waals surface area contributed by atoms with Crippen LogP contribution in [0.25, 0.3) is 0 Å². The molecule has 43 heavy (non-hydrogen) atoms. The monoisotopic (exact) mass is 708 g/mol. The lowest BCUT2D eigenvalue weighted by atomic mass is 9.45. The number of hydrogen-bond donors (Lipinski definition) is 3. The summed E-state index contributed by atoms with van der Waals surface area (Å²) in [6.07, 6.45) is 7.63. The molecule has 4 saturated carbocycles. The van der Waals surface area contributed by atoms with Gasteiger partial charge in [-0.1, -0.05) is 26.7 Å². The van der Waals surface area contributed by atoms with E-state index >= 15 is 0 Å². The summed E-state index contributed by atoms with van der Waals surface area (Å²) in [5.74, 6) is 1.93. The van der Waals surface area contributed by atoms with Gasteiger partial charge in [-0.15, -0.1) is 0 Å². The van der Waals surface area contributed by atoms with Crippen molar-refractivity contribution in [3.8, 4) is 11.5 Å². The van der Waals surface area contributed by atoms with Crippen LogP contribution in [0, 0.1) is 32.7 Å². The number of nitrogens with zero attached hydrogens (tertiary/aromatic N) is 1. The fourth-order valence-corrected chi connectivity index (χ4v) is 8.82. The molecule has 10 heteroatoms. The topological polar surface area (TPSA) is 125 Å². The number of aliphatic hydroxyl groups excluding tert-OH is 2. The van der Waals surface area contributed by atoms with Gasteiger partial charge in [-0.05, 0) is 96.1 Å². The van der Waals surface area contributed by atoms with Gasteiger partial charge in [0.15, 0.2) is 11.5 Å². The number of aldehydes is 1. The highest BCUT2D eigenvalue weighted by atomic mass is 127. The minimum Gasteiger partial charge on any atom is -0.493 e. The lowest BCUT2D eigenvalue weighted by Gasteiger charge is -2.61. The molecule has 1 aromatic carbocycles. The van der Waals surface area contributed by atoms with Crippen molar-refractivity contribution < 1.29 is 34.1 Å². The lowest BCUT2D eigenvalue weighted by molar-refractivity contribution is -0.151.